The number of aromatic amines is 1. The fraction of sp³-hybridized carbons (Fsp3) is 0.214. The summed E-state index contributed by atoms with van der Waals surface area (Å²) in [6, 6.07) is 9.64. The molecule has 15 heteroatoms. The Morgan fingerprint density at radius 3 is 1.77 bits per heavy atom. The highest BCUT2D eigenvalue weighted by atomic mass is 16.2. The Morgan fingerprint density at radius 2 is 1.26 bits per heavy atom. The molecule has 0 atom stereocenters. The van der Waals surface area contributed by atoms with Gasteiger partial charge in [-0.1, -0.05) is 0 Å². The minimum absolute atomic E-state index is 0.0257. The lowest BCUT2D eigenvalue weighted by molar-refractivity contribution is 0.0938. The van der Waals surface area contributed by atoms with Crippen LogP contribution in [-0.4, -0.2) is 62.5 Å². The van der Waals surface area contributed by atoms with Gasteiger partial charge in [0.1, 0.15) is 17.1 Å². The quantitative estimate of drug-likeness (QED) is 0.0877. The summed E-state index contributed by atoms with van der Waals surface area (Å²) in [6.07, 6.45) is 3.69. The molecule has 0 saturated carbocycles. The molecule has 0 spiro atoms. The molecule has 0 bridgehead atoms. The number of nitrogens with two attached hydrogens (primary N) is 2. The number of H-pyrrole nitrogens is 1. The minimum atomic E-state index is -0.435. The van der Waals surface area contributed by atoms with Crippen LogP contribution in [0.4, 0.5) is 11.4 Å². The van der Waals surface area contributed by atoms with E-state index in [1.807, 2.05) is 0 Å². The standard InChI is InChI=1S/C28H33N11O4/c1-38-13-17(11-21(38)27(42)33-7-5-23(29)30)35-25(40)15-3-4-19-16(9-15)10-20(37-19)26(41)36-18-12-22(39(2)14-18)28(43)34-8-6-24(31)32/h3-4,9-14,37H,5-8H2,1-2H3,(H3,29,30)(H3,31,32)(H,33,42)(H,34,43)(H,35,40)(H,36,41). The molecular weight excluding hydrogens is 554 g/mol. The maximum absolute atomic E-state index is 13.0. The number of aromatic nitrogens is 3. The molecule has 1 aromatic carbocycles. The summed E-state index contributed by atoms with van der Waals surface area (Å²) in [5, 5.41) is 26.0. The van der Waals surface area contributed by atoms with E-state index in [-0.39, 0.29) is 55.1 Å². The lowest BCUT2D eigenvalue weighted by atomic mass is 10.1. The zero-order valence-electron chi connectivity index (χ0n) is 23.6. The van der Waals surface area contributed by atoms with Crippen LogP contribution in [0.15, 0.2) is 48.8 Å². The lowest BCUT2D eigenvalue weighted by Crippen LogP contribution is -2.28. The Labute approximate surface area is 246 Å². The highest BCUT2D eigenvalue weighted by Gasteiger charge is 2.17. The monoisotopic (exact) mass is 587 g/mol. The number of carbonyl (C=O) groups is 4. The Balaban J connectivity index is 1.40. The lowest BCUT2D eigenvalue weighted by Gasteiger charge is -2.04. The zero-order chi connectivity index (χ0) is 31.3. The third kappa shape index (κ3) is 7.46. The maximum atomic E-state index is 13.0. The molecular formula is C28H33N11O4. The van der Waals surface area contributed by atoms with Gasteiger partial charge >= 0.3 is 0 Å². The fourth-order valence-electron chi connectivity index (χ4n) is 4.32. The third-order valence-corrected chi connectivity index (χ3v) is 6.48. The Morgan fingerprint density at radius 1 is 0.744 bits per heavy atom. The molecule has 224 valence electrons. The van der Waals surface area contributed by atoms with Gasteiger partial charge in [-0.3, -0.25) is 30.0 Å². The van der Waals surface area contributed by atoms with Crippen molar-refractivity contribution in [2.45, 2.75) is 12.8 Å². The maximum Gasteiger partial charge on any atom is 0.272 e. The number of nitrogens with one attached hydrogen (secondary N) is 7. The van der Waals surface area contributed by atoms with Crippen molar-refractivity contribution in [1.82, 2.24) is 24.8 Å². The summed E-state index contributed by atoms with van der Waals surface area (Å²) in [5.41, 5.74) is 13.4. The molecule has 0 radical (unpaired) electrons. The van der Waals surface area contributed by atoms with E-state index in [9.17, 15) is 19.2 Å². The molecule has 4 aromatic rings. The number of fused-ring (bicyclic) bond motifs is 1. The van der Waals surface area contributed by atoms with Crippen LogP contribution in [0, 0.1) is 10.8 Å². The number of benzene rings is 1. The van der Waals surface area contributed by atoms with Crippen LogP contribution in [-0.2, 0) is 14.1 Å². The van der Waals surface area contributed by atoms with E-state index in [2.05, 4.69) is 26.3 Å². The Hall–Kier alpha value is -5.86. The van der Waals surface area contributed by atoms with Gasteiger partial charge in [-0.25, -0.2) is 0 Å². The van der Waals surface area contributed by atoms with Gasteiger partial charge in [-0.05, 0) is 36.4 Å². The molecule has 4 amide bonds. The molecule has 4 rings (SSSR count). The number of anilines is 2. The van der Waals surface area contributed by atoms with Gasteiger partial charge in [0.15, 0.2) is 0 Å². The minimum Gasteiger partial charge on any atom is -0.388 e. The van der Waals surface area contributed by atoms with Crippen LogP contribution in [0.1, 0.15) is 54.7 Å². The number of hydrogen-bond acceptors (Lipinski definition) is 6. The number of amides is 4. The molecule has 0 aliphatic heterocycles. The largest absolute Gasteiger partial charge is 0.388 e. The van der Waals surface area contributed by atoms with Gasteiger partial charge in [-0.2, -0.15) is 0 Å². The summed E-state index contributed by atoms with van der Waals surface area (Å²) in [6.45, 7) is 0.452. The van der Waals surface area contributed by atoms with E-state index in [1.54, 1.807) is 66.0 Å². The molecule has 11 N–H and O–H groups in total. The average molecular weight is 588 g/mol. The SMILES string of the molecule is Cn1cc(NC(=O)c2ccc3[nH]c(C(=O)Nc4cc(C(=O)NCCC(=N)N)n(C)c4)cc3c2)cc1C(=O)NCCC(=N)N. The number of nitrogens with zero attached hydrogens (tertiary/aromatic N) is 2. The molecule has 0 fully saturated rings. The highest BCUT2D eigenvalue weighted by Crippen LogP contribution is 2.21. The molecule has 15 nitrogen and oxygen atoms in total. The molecule has 3 aromatic heterocycles. The van der Waals surface area contributed by atoms with Crippen molar-refractivity contribution in [1.29, 1.82) is 10.8 Å². The number of aryl methyl sites for hydroxylation is 2. The van der Waals surface area contributed by atoms with E-state index in [0.29, 0.717) is 39.2 Å². The van der Waals surface area contributed by atoms with Crippen molar-refractivity contribution in [3.8, 4) is 0 Å². The summed E-state index contributed by atoms with van der Waals surface area (Å²) < 4.78 is 3.15. The van der Waals surface area contributed by atoms with Crippen LogP contribution in [0.25, 0.3) is 10.9 Å². The smallest absolute Gasteiger partial charge is 0.272 e. The number of carbonyl (C=O) groups excluding carboxylic acids is 4. The van der Waals surface area contributed by atoms with Crippen molar-refractivity contribution >= 4 is 57.6 Å². The second-order valence-electron chi connectivity index (χ2n) is 9.91. The van der Waals surface area contributed by atoms with E-state index in [0.717, 1.165) is 0 Å². The van der Waals surface area contributed by atoms with Gasteiger partial charge in [-0.15, -0.1) is 0 Å². The third-order valence-electron chi connectivity index (χ3n) is 6.48. The van der Waals surface area contributed by atoms with Gasteiger partial charge in [0.2, 0.25) is 0 Å². The molecule has 0 aliphatic rings. The first-order chi connectivity index (χ1) is 20.4. The van der Waals surface area contributed by atoms with Crippen molar-refractivity contribution in [2.75, 3.05) is 23.7 Å². The van der Waals surface area contributed by atoms with Crippen molar-refractivity contribution in [2.24, 2.45) is 25.6 Å². The second-order valence-corrected chi connectivity index (χ2v) is 9.91. The summed E-state index contributed by atoms with van der Waals surface area (Å²) >= 11 is 0. The first-order valence-corrected chi connectivity index (χ1v) is 13.2. The summed E-state index contributed by atoms with van der Waals surface area (Å²) in [4.78, 5) is 53.8. The molecule has 0 unspecified atom stereocenters. The van der Waals surface area contributed by atoms with Crippen LogP contribution < -0.4 is 32.7 Å². The molecule has 3 heterocycles. The normalized spacial score (nSPS) is 10.7. The predicted octanol–water partition coefficient (Wildman–Crippen LogP) is 1.46. The predicted molar refractivity (Wildman–Crippen MR) is 163 cm³/mol. The summed E-state index contributed by atoms with van der Waals surface area (Å²) in [5.74, 6) is -1.61. The van der Waals surface area contributed by atoms with Crippen LogP contribution in [0.3, 0.4) is 0 Å². The van der Waals surface area contributed by atoms with Gasteiger partial charge in [0.05, 0.1) is 23.0 Å². The van der Waals surface area contributed by atoms with E-state index >= 15 is 0 Å². The first kappa shape index (κ1) is 30.1. The fourth-order valence-corrected chi connectivity index (χ4v) is 4.32. The number of hydrogen-bond donors (Lipinski definition) is 9. The Bertz CT molecular complexity index is 1660. The van der Waals surface area contributed by atoms with Crippen LogP contribution in [0.5, 0.6) is 0 Å². The van der Waals surface area contributed by atoms with E-state index in [4.69, 9.17) is 22.3 Å². The van der Waals surface area contributed by atoms with Gasteiger partial charge < -0.3 is 46.9 Å². The highest BCUT2D eigenvalue weighted by molar-refractivity contribution is 6.09. The second kappa shape index (κ2) is 12.8. The van der Waals surface area contributed by atoms with Gasteiger partial charge in [0, 0.05) is 68.9 Å². The first-order valence-electron chi connectivity index (χ1n) is 13.2. The zero-order valence-corrected chi connectivity index (χ0v) is 23.6. The Kier molecular flexibility index (Phi) is 8.93. The molecule has 43 heavy (non-hydrogen) atoms. The van der Waals surface area contributed by atoms with Crippen molar-refractivity contribution in [3.63, 3.8) is 0 Å². The average Bonchev–Trinajstić information content (AvgIpc) is 3.63. The number of amidine groups is 2. The van der Waals surface area contributed by atoms with Crippen molar-refractivity contribution < 1.29 is 19.2 Å². The number of rotatable bonds is 12. The summed E-state index contributed by atoms with van der Waals surface area (Å²) in [7, 11) is 3.35. The molecule has 0 aliphatic carbocycles. The van der Waals surface area contributed by atoms with Gasteiger partial charge in [0.25, 0.3) is 23.6 Å². The van der Waals surface area contributed by atoms with Crippen LogP contribution in [0.2, 0.25) is 0 Å². The van der Waals surface area contributed by atoms with Crippen LogP contribution >= 0.6 is 0 Å². The van der Waals surface area contributed by atoms with E-state index < -0.39 is 11.8 Å². The topological polar surface area (TPSA) is 242 Å². The van der Waals surface area contributed by atoms with E-state index in [1.165, 1.54) is 6.07 Å². The van der Waals surface area contributed by atoms with Crippen molar-refractivity contribution in [3.05, 3.63) is 71.4 Å². The molecule has 0 saturated heterocycles.